The zero-order valence-electron chi connectivity index (χ0n) is 10.0. The summed E-state index contributed by atoms with van der Waals surface area (Å²) in [5, 5.41) is 14.1. The van der Waals surface area contributed by atoms with E-state index in [0.717, 1.165) is 25.7 Å². The van der Waals surface area contributed by atoms with Crippen molar-refractivity contribution in [2.45, 2.75) is 38.5 Å². The predicted molar refractivity (Wildman–Crippen MR) is 68.5 cm³/mol. The number of anilines is 1. The number of aromatic nitrogens is 1. The summed E-state index contributed by atoms with van der Waals surface area (Å²) in [7, 11) is 0. The van der Waals surface area contributed by atoms with Crippen LogP contribution in [0.15, 0.2) is 11.6 Å². The highest BCUT2D eigenvalue weighted by molar-refractivity contribution is 7.13. The molecule has 5 nitrogen and oxygen atoms in total. The lowest BCUT2D eigenvalue weighted by Crippen LogP contribution is -2.27. The number of rotatable bonds is 5. The summed E-state index contributed by atoms with van der Waals surface area (Å²) in [5.74, 6) is -0.952. The Bertz CT molecular complexity index is 425. The van der Waals surface area contributed by atoms with Crippen molar-refractivity contribution in [2.24, 2.45) is 5.41 Å². The molecule has 0 unspecified atom stereocenters. The van der Waals surface area contributed by atoms with Gasteiger partial charge in [-0.2, -0.15) is 0 Å². The maximum absolute atomic E-state index is 11.9. The zero-order valence-corrected chi connectivity index (χ0v) is 10.8. The van der Waals surface area contributed by atoms with E-state index >= 15 is 0 Å². The molecule has 0 atom stereocenters. The van der Waals surface area contributed by atoms with E-state index in [9.17, 15) is 9.59 Å². The van der Waals surface area contributed by atoms with Gasteiger partial charge in [-0.1, -0.05) is 12.8 Å². The fraction of sp³-hybridized carbons (Fsp3) is 0.583. The van der Waals surface area contributed by atoms with Crippen LogP contribution in [0.5, 0.6) is 0 Å². The van der Waals surface area contributed by atoms with Gasteiger partial charge in [0.15, 0.2) is 5.13 Å². The van der Waals surface area contributed by atoms with Crippen LogP contribution >= 0.6 is 11.3 Å². The minimum atomic E-state index is -0.820. The lowest BCUT2D eigenvalue weighted by atomic mass is 9.79. The number of aliphatic carboxylic acids is 1. The van der Waals surface area contributed by atoms with E-state index in [0.29, 0.717) is 5.13 Å². The number of carbonyl (C=O) groups excluding carboxylic acids is 1. The van der Waals surface area contributed by atoms with E-state index in [2.05, 4.69) is 10.3 Å². The van der Waals surface area contributed by atoms with Crippen LogP contribution in [0.2, 0.25) is 0 Å². The molecular weight excluding hydrogens is 252 g/mol. The van der Waals surface area contributed by atoms with E-state index < -0.39 is 5.97 Å². The van der Waals surface area contributed by atoms with Crippen molar-refractivity contribution in [1.29, 1.82) is 0 Å². The van der Waals surface area contributed by atoms with Gasteiger partial charge in [0.25, 0.3) is 0 Å². The minimum absolute atomic E-state index is 0.0816. The molecule has 1 aliphatic carbocycles. The predicted octanol–water partition coefficient (Wildman–Crippen LogP) is 2.51. The van der Waals surface area contributed by atoms with Crippen LogP contribution < -0.4 is 5.32 Å². The molecule has 1 aromatic heterocycles. The first kappa shape index (κ1) is 13.0. The molecule has 1 saturated carbocycles. The monoisotopic (exact) mass is 268 g/mol. The third kappa shape index (κ3) is 3.29. The quantitative estimate of drug-likeness (QED) is 0.860. The van der Waals surface area contributed by atoms with E-state index in [1.807, 2.05) is 0 Å². The molecule has 0 aromatic carbocycles. The average Bonchev–Trinajstić information content (AvgIpc) is 2.89. The highest BCUT2D eigenvalue weighted by Crippen LogP contribution is 2.44. The highest BCUT2D eigenvalue weighted by Gasteiger charge is 2.38. The molecule has 2 N–H and O–H groups in total. The number of carboxylic acid groups (broad SMARTS) is 1. The molecular formula is C12H16N2O3S. The van der Waals surface area contributed by atoms with Crippen molar-refractivity contribution in [3.05, 3.63) is 11.6 Å². The topological polar surface area (TPSA) is 79.3 Å². The first-order chi connectivity index (χ1) is 8.60. The van der Waals surface area contributed by atoms with Gasteiger partial charge in [-0.05, 0) is 18.3 Å². The van der Waals surface area contributed by atoms with Gasteiger partial charge in [-0.3, -0.25) is 9.59 Å². The van der Waals surface area contributed by atoms with Crippen molar-refractivity contribution in [1.82, 2.24) is 4.98 Å². The molecule has 1 amide bonds. The van der Waals surface area contributed by atoms with Crippen LogP contribution in [0, 0.1) is 5.41 Å². The van der Waals surface area contributed by atoms with Gasteiger partial charge in [0.2, 0.25) is 5.91 Å². The molecule has 1 aliphatic rings. The summed E-state index contributed by atoms with van der Waals surface area (Å²) in [6, 6.07) is 0. The third-order valence-corrected chi connectivity index (χ3v) is 4.09. The largest absolute Gasteiger partial charge is 0.481 e. The first-order valence-electron chi connectivity index (χ1n) is 6.01. The van der Waals surface area contributed by atoms with Crippen molar-refractivity contribution in [2.75, 3.05) is 5.32 Å². The van der Waals surface area contributed by atoms with Crippen LogP contribution in [0.25, 0.3) is 0 Å². The van der Waals surface area contributed by atoms with Gasteiger partial charge >= 0.3 is 5.97 Å². The van der Waals surface area contributed by atoms with Gasteiger partial charge in [-0.15, -0.1) is 11.3 Å². The van der Waals surface area contributed by atoms with E-state index in [-0.39, 0.29) is 24.2 Å². The molecule has 0 radical (unpaired) electrons. The second kappa shape index (κ2) is 5.48. The van der Waals surface area contributed by atoms with Crippen molar-refractivity contribution >= 4 is 28.3 Å². The molecule has 2 rings (SSSR count). The highest BCUT2D eigenvalue weighted by atomic mass is 32.1. The Hall–Kier alpha value is -1.43. The van der Waals surface area contributed by atoms with Gasteiger partial charge in [0, 0.05) is 18.0 Å². The minimum Gasteiger partial charge on any atom is -0.481 e. The van der Waals surface area contributed by atoms with Crippen LogP contribution in [-0.4, -0.2) is 22.0 Å². The van der Waals surface area contributed by atoms with Gasteiger partial charge in [0.1, 0.15) is 0 Å². The standard InChI is InChI=1S/C12H16N2O3S/c15-9(14-11-13-5-6-18-11)7-12(8-10(16)17)3-1-2-4-12/h5-6H,1-4,7-8H2,(H,16,17)(H,13,14,15). The Morgan fingerprint density at radius 3 is 2.67 bits per heavy atom. The molecule has 0 spiro atoms. The number of nitrogens with zero attached hydrogens (tertiary/aromatic N) is 1. The first-order valence-corrected chi connectivity index (χ1v) is 6.89. The molecule has 0 aliphatic heterocycles. The molecule has 1 aromatic rings. The fourth-order valence-electron chi connectivity index (χ4n) is 2.65. The lowest BCUT2D eigenvalue weighted by Gasteiger charge is -2.25. The van der Waals surface area contributed by atoms with E-state index in [1.54, 1.807) is 11.6 Å². The zero-order chi connectivity index (χ0) is 13.0. The molecule has 0 saturated heterocycles. The summed E-state index contributed by atoms with van der Waals surface area (Å²) in [4.78, 5) is 26.8. The Labute approximate surface area is 109 Å². The van der Waals surface area contributed by atoms with Crippen LogP contribution in [0.3, 0.4) is 0 Å². The number of hydrogen-bond donors (Lipinski definition) is 2. The molecule has 6 heteroatoms. The Balaban J connectivity index is 1.96. The van der Waals surface area contributed by atoms with Crippen molar-refractivity contribution in [3.63, 3.8) is 0 Å². The summed E-state index contributed by atoms with van der Waals surface area (Å²) >= 11 is 1.36. The number of carboxylic acids is 1. The fourth-order valence-corrected chi connectivity index (χ4v) is 3.20. The second-order valence-electron chi connectivity index (χ2n) is 4.84. The maximum atomic E-state index is 11.9. The summed E-state index contributed by atoms with van der Waals surface area (Å²) < 4.78 is 0. The lowest BCUT2D eigenvalue weighted by molar-refractivity contribution is -0.140. The van der Waals surface area contributed by atoms with Gasteiger partial charge in [-0.25, -0.2) is 4.98 Å². The number of nitrogens with one attached hydrogen (secondary N) is 1. The molecule has 98 valence electrons. The summed E-state index contributed by atoms with van der Waals surface area (Å²) in [5.41, 5.74) is -0.354. The molecule has 18 heavy (non-hydrogen) atoms. The smallest absolute Gasteiger partial charge is 0.303 e. The van der Waals surface area contributed by atoms with E-state index in [1.165, 1.54) is 11.3 Å². The number of hydrogen-bond acceptors (Lipinski definition) is 4. The van der Waals surface area contributed by atoms with Crippen LogP contribution in [0.4, 0.5) is 5.13 Å². The Morgan fingerprint density at radius 1 is 1.39 bits per heavy atom. The molecule has 1 fully saturated rings. The molecule has 1 heterocycles. The third-order valence-electron chi connectivity index (χ3n) is 3.40. The van der Waals surface area contributed by atoms with Crippen LogP contribution in [0.1, 0.15) is 38.5 Å². The number of amides is 1. The Kier molecular flexibility index (Phi) is 3.96. The molecule has 0 bridgehead atoms. The average molecular weight is 268 g/mol. The van der Waals surface area contributed by atoms with Crippen molar-refractivity contribution < 1.29 is 14.7 Å². The Morgan fingerprint density at radius 2 is 2.11 bits per heavy atom. The van der Waals surface area contributed by atoms with Gasteiger partial charge < -0.3 is 10.4 Å². The number of thiazole rings is 1. The van der Waals surface area contributed by atoms with Crippen LogP contribution in [-0.2, 0) is 9.59 Å². The summed E-state index contributed by atoms with van der Waals surface area (Å²) in [6.07, 6.45) is 5.66. The maximum Gasteiger partial charge on any atom is 0.303 e. The van der Waals surface area contributed by atoms with Gasteiger partial charge in [0.05, 0.1) is 6.42 Å². The summed E-state index contributed by atoms with van der Waals surface area (Å²) in [6.45, 7) is 0. The normalized spacial score (nSPS) is 17.6. The second-order valence-corrected chi connectivity index (χ2v) is 5.73. The van der Waals surface area contributed by atoms with E-state index in [4.69, 9.17) is 5.11 Å². The number of carbonyl (C=O) groups is 2. The van der Waals surface area contributed by atoms with Crippen molar-refractivity contribution in [3.8, 4) is 0 Å². The SMILES string of the molecule is O=C(O)CC1(CC(=O)Nc2nccs2)CCCC1.